The molecule has 0 radical (unpaired) electrons. The van der Waals surface area contributed by atoms with E-state index in [0.717, 1.165) is 38.2 Å². The third kappa shape index (κ3) is 3.69. The summed E-state index contributed by atoms with van der Waals surface area (Å²) in [6, 6.07) is 0.795. The van der Waals surface area contributed by atoms with E-state index < -0.39 is 0 Å². The maximum Gasteiger partial charge on any atom is 0.0902 e. The summed E-state index contributed by atoms with van der Waals surface area (Å²) in [6.07, 6.45) is 6.98. The van der Waals surface area contributed by atoms with Crippen LogP contribution in [0.5, 0.6) is 0 Å². The Morgan fingerprint density at radius 3 is 2.39 bits per heavy atom. The second-order valence-corrected chi connectivity index (χ2v) is 6.47. The number of rotatable bonds is 6. The van der Waals surface area contributed by atoms with Crippen LogP contribution in [-0.2, 0) is 4.74 Å². The van der Waals surface area contributed by atoms with Crippen molar-refractivity contribution < 1.29 is 4.74 Å². The van der Waals surface area contributed by atoms with E-state index in [1.165, 1.54) is 32.1 Å². The van der Waals surface area contributed by atoms with Crippen molar-refractivity contribution in [1.29, 1.82) is 0 Å². The Morgan fingerprint density at radius 1 is 1.22 bits per heavy atom. The molecule has 0 aromatic heterocycles. The fourth-order valence-electron chi connectivity index (χ4n) is 3.19. The molecular weight excluding hydrogens is 224 g/mol. The van der Waals surface area contributed by atoms with Crippen LogP contribution in [0.2, 0.25) is 0 Å². The van der Waals surface area contributed by atoms with Gasteiger partial charge in [-0.3, -0.25) is 0 Å². The van der Waals surface area contributed by atoms with Crippen LogP contribution in [0.3, 0.4) is 0 Å². The molecule has 0 amide bonds. The van der Waals surface area contributed by atoms with Gasteiger partial charge in [0.25, 0.3) is 0 Å². The Labute approximate surface area is 112 Å². The highest BCUT2D eigenvalue weighted by Gasteiger charge is 2.32. The van der Waals surface area contributed by atoms with E-state index in [1.54, 1.807) is 0 Å². The van der Waals surface area contributed by atoms with Gasteiger partial charge in [0.15, 0.2) is 0 Å². The lowest BCUT2D eigenvalue weighted by molar-refractivity contribution is -0.0737. The highest BCUT2D eigenvalue weighted by Crippen LogP contribution is 2.28. The first kappa shape index (κ1) is 14.3. The van der Waals surface area contributed by atoms with Gasteiger partial charge in [-0.15, -0.1) is 0 Å². The minimum atomic E-state index is 0.112. The lowest BCUT2D eigenvalue weighted by atomic mass is 9.84. The quantitative estimate of drug-likeness (QED) is 0.787. The van der Waals surface area contributed by atoms with Gasteiger partial charge < -0.3 is 15.0 Å². The lowest BCUT2D eigenvalue weighted by Crippen LogP contribution is -2.59. The van der Waals surface area contributed by atoms with E-state index in [-0.39, 0.29) is 5.60 Å². The third-order valence-corrected chi connectivity index (χ3v) is 4.91. The molecule has 1 saturated carbocycles. The van der Waals surface area contributed by atoms with Crippen LogP contribution >= 0.6 is 0 Å². The van der Waals surface area contributed by atoms with E-state index in [9.17, 15) is 0 Å². The number of nitrogens with one attached hydrogen (secondary N) is 1. The molecule has 2 fully saturated rings. The number of hydrogen-bond acceptors (Lipinski definition) is 3. The summed E-state index contributed by atoms with van der Waals surface area (Å²) >= 11 is 0. The van der Waals surface area contributed by atoms with E-state index in [4.69, 9.17) is 4.74 Å². The molecule has 0 atom stereocenters. The van der Waals surface area contributed by atoms with Gasteiger partial charge in [-0.05, 0) is 45.6 Å². The predicted octanol–water partition coefficient (Wildman–Crippen LogP) is 2.27. The van der Waals surface area contributed by atoms with Crippen molar-refractivity contribution in [1.82, 2.24) is 10.2 Å². The van der Waals surface area contributed by atoms with Crippen molar-refractivity contribution in [2.24, 2.45) is 5.92 Å². The van der Waals surface area contributed by atoms with Crippen molar-refractivity contribution in [3.63, 3.8) is 0 Å². The van der Waals surface area contributed by atoms with Gasteiger partial charge in [0.1, 0.15) is 0 Å². The van der Waals surface area contributed by atoms with Crippen LogP contribution in [-0.4, -0.2) is 49.8 Å². The summed E-state index contributed by atoms with van der Waals surface area (Å²) in [5.74, 6) is 0.992. The summed E-state index contributed by atoms with van der Waals surface area (Å²) in [6.45, 7) is 8.52. The minimum Gasteiger partial charge on any atom is -0.371 e. The Morgan fingerprint density at radius 2 is 1.89 bits per heavy atom. The number of ether oxygens (including phenoxy) is 1. The van der Waals surface area contributed by atoms with Crippen LogP contribution in [0.15, 0.2) is 0 Å². The van der Waals surface area contributed by atoms with Crippen LogP contribution in [0.4, 0.5) is 0 Å². The SMILES string of the molecule is CCC1CCC(N(C)CCOC2(C)CNC2)CC1. The highest BCUT2D eigenvalue weighted by molar-refractivity contribution is 4.90. The zero-order chi connectivity index (χ0) is 13.0. The second-order valence-electron chi connectivity index (χ2n) is 6.47. The summed E-state index contributed by atoms with van der Waals surface area (Å²) in [7, 11) is 2.27. The number of likely N-dealkylation sites (N-methyl/N-ethyl adjacent to an activating group) is 1. The Hall–Kier alpha value is -0.120. The highest BCUT2D eigenvalue weighted by atomic mass is 16.5. The summed E-state index contributed by atoms with van der Waals surface area (Å²) in [5, 5.41) is 3.28. The zero-order valence-electron chi connectivity index (χ0n) is 12.4. The molecule has 1 aliphatic carbocycles. The standard InChI is InChI=1S/C15H30N2O/c1-4-13-5-7-14(8-6-13)17(3)9-10-18-15(2)11-16-12-15/h13-14,16H,4-12H2,1-3H3. The van der Waals surface area contributed by atoms with Crippen LogP contribution < -0.4 is 5.32 Å². The molecule has 0 spiro atoms. The van der Waals surface area contributed by atoms with E-state index in [2.05, 4.69) is 31.1 Å². The van der Waals surface area contributed by atoms with Gasteiger partial charge in [0, 0.05) is 25.7 Å². The fourth-order valence-corrected chi connectivity index (χ4v) is 3.19. The average molecular weight is 254 g/mol. The molecule has 106 valence electrons. The first-order valence-electron chi connectivity index (χ1n) is 7.68. The monoisotopic (exact) mass is 254 g/mol. The molecule has 0 aromatic carbocycles. The van der Waals surface area contributed by atoms with Gasteiger partial charge in [0.05, 0.1) is 12.2 Å². The smallest absolute Gasteiger partial charge is 0.0902 e. The van der Waals surface area contributed by atoms with Gasteiger partial charge in [-0.1, -0.05) is 13.3 Å². The Bertz CT molecular complexity index is 245. The van der Waals surface area contributed by atoms with E-state index in [1.807, 2.05) is 0 Å². The number of nitrogens with zero attached hydrogens (tertiary/aromatic N) is 1. The summed E-state index contributed by atoms with van der Waals surface area (Å²) in [5.41, 5.74) is 0.112. The van der Waals surface area contributed by atoms with E-state index >= 15 is 0 Å². The van der Waals surface area contributed by atoms with Crippen LogP contribution in [0.1, 0.15) is 46.0 Å². The first-order chi connectivity index (χ1) is 8.63. The van der Waals surface area contributed by atoms with Crippen molar-refractivity contribution in [2.75, 3.05) is 33.3 Å². The second kappa shape index (κ2) is 6.36. The molecule has 2 rings (SSSR count). The molecule has 18 heavy (non-hydrogen) atoms. The van der Waals surface area contributed by atoms with E-state index in [0.29, 0.717) is 0 Å². The molecule has 1 N–H and O–H groups in total. The molecule has 0 unspecified atom stereocenters. The lowest BCUT2D eigenvalue weighted by Gasteiger charge is -2.40. The van der Waals surface area contributed by atoms with Crippen molar-refractivity contribution in [3.8, 4) is 0 Å². The molecule has 1 heterocycles. The summed E-state index contributed by atoms with van der Waals surface area (Å²) < 4.78 is 5.97. The molecule has 1 saturated heterocycles. The summed E-state index contributed by atoms with van der Waals surface area (Å²) in [4.78, 5) is 2.52. The fraction of sp³-hybridized carbons (Fsp3) is 1.00. The molecule has 0 aromatic rings. The van der Waals surface area contributed by atoms with Crippen molar-refractivity contribution in [2.45, 2.75) is 57.6 Å². The minimum absolute atomic E-state index is 0.112. The van der Waals surface area contributed by atoms with Gasteiger partial charge >= 0.3 is 0 Å². The van der Waals surface area contributed by atoms with Gasteiger partial charge in [-0.2, -0.15) is 0 Å². The van der Waals surface area contributed by atoms with Crippen LogP contribution in [0, 0.1) is 5.92 Å². The predicted molar refractivity (Wildman–Crippen MR) is 75.9 cm³/mol. The molecule has 0 bridgehead atoms. The average Bonchev–Trinajstić information content (AvgIpc) is 2.36. The number of hydrogen-bond donors (Lipinski definition) is 1. The van der Waals surface area contributed by atoms with Gasteiger partial charge in [0.2, 0.25) is 0 Å². The maximum absolute atomic E-state index is 5.97. The van der Waals surface area contributed by atoms with Crippen LogP contribution in [0.25, 0.3) is 0 Å². The topological polar surface area (TPSA) is 24.5 Å². The molecule has 3 heteroatoms. The zero-order valence-corrected chi connectivity index (χ0v) is 12.4. The van der Waals surface area contributed by atoms with Crippen molar-refractivity contribution in [3.05, 3.63) is 0 Å². The molecule has 3 nitrogen and oxygen atoms in total. The molecular formula is C15H30N2O. The third-order valence-electron chi connectivity index (χ3n) is 4.91. The maximum atomic E-state index is 5.97. The Balaban J connectivity index is 1.61. The first-order valence-corrected chi connectivity index (χ1v) is 7.68. The molecule has 1 aliphatic heterocycles. The Kier molecular flexibility index (Phi) is 5.05. The normalized spacial score (nSPS) is 31.3. The largest absolute Gasteiger partial charge is 0.371 e. The van der Waals surface area contributed by atoms with Gasteiger partial charge in [-0.25, -0.2) is 0 Å². The molecule has 2 aliphatic rings. The van der Waals surface area contributed by atoms with Crippen molar-refractivity contribution >= 4 is 0 Å².